The molecule has 1 aliphatic rings. The van der Waals surface area contributed by atoms with E-state index in [-0.39, 0.29) is 30.7 Å². The zero-order valence-corrected chi connectivity index (χ0v) is 10.9. The first-order chi connectivity index (χ1) is 9.11. The van der Waals surface area contributed by atoms with Crippen molar-refractivity contribution < 1.29 is 19.0 Å². The summed E-state index contributed by atoms with van der Waals surface area (Å²) in [5.74, 6) is -0.291. The monoisotopic (exact) mass is 267 g/mol. The van der Waals surface area contributed by atoms with E-state index in [1.165, 1.54) is 12.1 Å². The van der Waals surface area contributed by atoms with Gasteiger partial charge in [0.2, 0.25) is 0 Å². The maximum Gasteiger partial charge on any atom is 0.410 e. The lowest BCUT2D eigenvalue weighted by molar-refractivity contribution is 0.00400. The summed E-state index contributed by atoms with van der Waals surface area (Å²) in [4.78, 5) is 13.5. The number of carbonyl (C=O) groups excluding carboxylic acids is 1. The van der Waals surface area contributed by atoms with Crippen molar-refractivity contribution in [2.24, 2.45) is 0 Å². The molecule has 19 heavy (non-hydrogen) atoms. The van der Waals surface area contributed by atoms with Crippen molar-refractivity contribution in [2.45, 2.75) is 31.9 Å². The molecule has 1 N–H and O–H groups in total. The Morgan fingerprint density at radius 3 is 2.74 bits per heavy atom. The molecule has 2 unspecified atom stereocenters. The molecule has 1 aromatic carbocycles. The number of nitrogens with zero attached hydrogens (tertiary/aromatic N) is 1. The number of aliphatic hydroxyl groups excluding tert-OH is 1. The van der Waals surface area contributed by atoms with E-state index < -0.39 is 0 Å². The van der Waals surface area contributed by atoms with Gasteiger partial charge in [-0.05, 0) is 24.6 Å². The standard InChI is InChI=1S/C14H18FNO3/c1-10(11-2-4-12(15)5-3-11)16-8-6-13(7-9-17)19-14(16)18/h2-5,10,13,17H,6-9H2,1H3. The van der Waals surface area contributed by atoms with Gasteiger partial charge in [-0.25, -0.2) is 9.18 Å². The van der Waals surface area contributed by atoms with Gasteiger partial charge in [0.15, 0.2) is 0 Å². The fourth-order valence-corrected chi connectivity index (χ4v) is 2.26. The number of hydrogen-bond acceptors (Lipinski definition) is 3. The number of cyclic esters (lactones) is 1. The molecule has 2 atom stereocenters. The first-order valence-corrected chi connectivity index (χ1v) is 6.45. The second kappa shape index (κ2) is 6.02. The molecule has 0 saturated carbocycles. The highest BCUT2D eigenvalue weighted by molar-refractivity contribution is 5.69. The van der Waals surface area contributed by atoms with Crippen molar-refractivity contribution in [1.82, 2.24) is 4.90 Å². The summed E-state index contributed by atoms with van der Waals surface area (Å²) in [6, 6.07) is 5.97. The number of hydrogen-bond donors (Lipinski definition) is 1. The van der Waals surface area contributed by atoms with E-state index in [1.54, 1.807) is 17.0 Å². The van der Waals surface area contributed by atoms with Gasteiger partial charge >= 0.3 is 6.09 Å². The van der Waals surface area contributed by atoms with Crippen LogP contribution < -0.4 is 0 Å². The lowest BCUT2D eigenvalue weighted by atomic mass is 10.1. The molecule has 4 nitrogen and oxygen atoms in total. The van der Waals surface area contributed by atoms with E-state index in [9.17, 15) is 9.18 Å². The SMILES string of the molecule is CC(c1ccc(F)cc1)N1CCC(CCO)OC1=O. The third-order valence-corrected chi connectivity index (χ3v) is 3.46. The first-order valence-electron chi connectivity index (χ1n) is 6.45. The summed E-state index contributed by atoms with van der Waals surface area (Å²) in [6.07, 6.45) is 0.609. The minimum absolute atomic E-state index is 0.0193. The molecule has 1 aliphatic heterocycles. The van der Waals surface area contributed by atoms with E-state index in [2.05, 4.69) is 0 Å². The fraction of sp³-hybridized carbons (Fsp3) is 0.500. The lowest BCUT2D eigenvalue weighted by Crippen LogP contribution is -2.43. The van der Waals surface area contributed by atoms with Crippen molar-refractivity contribution in [3.8, 4) is 0 Å². The zero-order chi connectivity index (χ0) is 13.8. The van der Waals surface area contributed by atoms with Gasteiger partial charge in [-0.2, -0.15) is 0 Å². The number of halogens is 1. The Kier molecular flexibility index (Phi) is 4.37. The topological polar surface area (TPSA) is 49.8 Å². The third kappa shape index (κ3) is 3.23. The van der Waals surface area contributed by atoms with E-state index in [0.29, 0.717) is 19.4 Å². The van der Waals surface area contributed by atoms with Crippen molar-refractivity contribution in [3.05, 3.63) is 35.6 Å². The molecule has 1 saturated heterocycles. The molecule has 0 bridgehead atoms. The van der Waals surface area contributed by atoms with Crippen molar-refractivity contribution >= 4 is 6.09 Å². The van der Waals surface area contributed by atoms with Crippen LogP contribution in [0.4, 0.5) is 9.18 Å². The van der Waals surface area contributed by atoms with E-state index in [4.69, 9.17) is 9.84 Å². The minimum Gasteiger partial charge on any atom is -0.446 e. The molecule has 0 spiro atoms. The highest BCUT2D eigenvalue weighted by atomic mass is 19.1. The Labute approximate surface area is 111 Å². The van der Waals surface area contributed by atoms with E-state index in [0.717, 1.165) is 5.56 Å². The predicted molar refractivity (Wildman–Crippen MR) is 68.1 cm³/mol. The second-order valence-electron chi connectivity index (χ2n) is 4.73. The molecule has 0 aliphatic carbocycles. The van der Waals surface area contributed by atoms with Crippen LogP contribution in [-0.4, -0.2) is 35.4 Å². The Morgan fingerprint density at radius 2 is 2.16 bits per heavy atom. The van der Waals surface area contributed by atoms with Gasteiger partial charge < -0.3 is 14.7 Å². The van der Waals surface area contributed by atoms with Gasteiger partial charge in [0, 0.05) is 26.0 Å². The molecule has 1 fully saturated rings. The number of amides is 1. The second-order valence-corrected chi connectivity index (χ2v) is 4.73. The van der Waals surface area contributed by atoms with Crippen LogP contribution in [0.5, 0.6) is 0 Å². The molecular formula is C14H18FNO3. The summed E-state index contributed by atoms with van der Waals surface area (Å²) >= 11 is 0. The van der Waals surface area contributed by atoms with Crippen molar-refractivity contribution in [2.75, 3.05) is 13.2 Å². The van der Waals surface area contributed by atoms with Gasteiger partial charge in [-0.15, -0.1) is 0 Å². The maximum atomic E-state index is 12.9. The Morgan fingerprint density at radius 1 is 1.47 bits per heavy atom. The van der Waals surface area contributed by atoms with Crippen LogP contribution in [0.15, 0.2) is 24.3 Å². The van der Waals surface area contributed by atoms with Gasteiger partial charge in [-0.3, -0.25) is 0 Å². The number of benzene rings is 1. The van der Waals surface area contributed by atoms with Crippen LogP contribution >= 0.6 is 0 Å². The number of ether oxygens (including phenoxy) is 1. The number of rotatable bonds is 4. The fourth-order valence-electron chi connectivity index (χ4n) is 2.26. The van der Waals surface area contributed by atoms with Crippen molar-refractivity contribution in [1.29, 1.82) is 0 Å². The number of aliphatic hydroxyl groups is 1. The molecule has 1 amide bonds. The van der Waals surface area contributed by atoms with Gasteiger partial charge in [-0.1, -0.05) is 12.1 Å². The molecular weight excluding hydrogens is 249 g/mol. The lowest BCUT2D eigenvalue weighted by Gasteiger charge is -2.35. The predicted octanol–water partition coefficient (Wildman–Crippen LogP) is 2.48. The molecule has 0 radical (unpaired) electrons. The van der Waals surface area contributed by atoms with Crippen LogP contribution in [0.2, 0.25) is 0 Å². The summed E-state index contributed by atoms with van der Waals surface area (Å²) in [6.45, 7) is 2.49. The molecule has 104 valence electrons. The third-order valence-electron chi connectivity index (χ3n) is 3.46. The molecule has 0 aromatic heterocycles. The molecule has 1 heterocycles. The minimum atomic E-state index is -0.374. The quantitative estimate of drug-likeness (QED) is 0.911. The zero-order valence-electron chi connectivity index (χ0n) is 10.9. The van der Waals surface area contributed by atoms with Crippen LogP contribution in [0.3, 0.4) is 0 Å². The van der Waals surface area contributed by atoms with Gasteiger partial charge in [0.25, 0.3) is 0 Å². The van der Waals surface area contributed by atoms with Gasteiger partial charge in [0.05, 0.1) is 6.04 Å². The van der Waals surface area contributed by atoms with Crippen LogP contribution in [0.1, 0.15) is 31.4 Å². The normalized spacial score (nSPS) is 21.1. The Hall–Kier alpha value is -1.62. The summed E-state index contributed by atoms with van der Waals surface area (Å²) < 4.78 is 18.1. The van der Waals surface area contributed by atoms with E-state index >= 15 is 0 Å². The van der Waals surface area contributed by atoms with Crippen molar-refractivity contribution in [3.63, 3.8) is 0 Å². The van der Waals surface area contributed by atoms with Crippen LogP contribution in [0.25, 0.3) is 0 Å². The maximum absolute atomic E-state index is 12.9. The summed E-state index contributed by atoms with van der Waals surface area (Å²) in [7, 11) is 0. The summed E-state index contributed by atoms with van der Waals surface area (Å²) in [5, 5.41) is 8.84. The van der Waals surface area contributed by atoms with Crippen LogP contribution in [-0.2, 0) is 4.74 Å². The van der Waals surface area contributed by atoms with E-state index in [1.807, 2.05) is 6.92 Å². The first kappa shape index (κ1) is 13.8. The van der Waals surface area contributed by atoms with Gasteiger partial charge in [0.1, 0.15) is 11.9 Å². The largest absolute Gasteiger partial charge is 0.446 e. The highest BCUT2D eigenvalue weighted by Gasteiger charge is 2.30. The summed E-state index contributed by atoms with van der Waals surface area (Å²) in [5.41, 5.74) is 0.874. The Bertz CT molecular complexity index is 435. The smallest absolute Gasteiger partial charge is 0.410 e. The highest BCUT2D eigenvalue weighted by Crippen LogP contribution is 2.26. The Balaban J connectivity index is 2.02. The molecule has 2 rings (SSSR count). The molecule has 5 heteroatoms. The average molecular weight is 267 g/mol. The van der Waals surface area contributed by atoms with Crippen LogP contribution in [0, 0.1) is 5.82 Å². The number of carbonyl (C=O) groups is 1. The molecule has 1 aromatic rings. The average Bonchev–Trinajstić information content (AvgIpc) is 2.39.